The normalized spacial score (nSPS) is 11.0. The van der Waals surface area contributed by atoms with Crippen LogP contribution in [0.4, 0.5) is 0 Å². The molecule has 126 valence electrons. The highest BCUT2D eigenvalue weighted by molar-refractivity contribution is 5.60. The van der Waals surface area contributed by atoms with E-state index in [9.17, 15) is 0 Å². The van der Waals surface area contributed by atoms with E-state index in [4.69, 9.17) is 0 Å². The van der Waals surface area contributed by atoms with E-state index in [0.29, 0.717) is 0 Å². The Morgan fingerprint density at radius 3 is 2.71 bits per heavy atom. The zero-order valence-electron chi connectivity index (χ0n) is 14.1. The molecule has 0 unspecified atom stereocenters. The van der Waals surface area contributed by atoms with Crippen molar-refractivity contribution >= 4 is 0 Å². The van der Waals surface area contributed by atoms with Crippen molar-refractivity contribution in [3.05, 3.63) is 54.7 Å². The zero-order chi connectivity index (χ0) is 16.6. The van der Waals surface area contributed by atoms with E-state index in [2.05, 4.69) is 44.1 Å². The summed E-state index contributed by atoms with van der Waals surface area (Å²) < 4.78 is 2.09. The molecule has 0 saturated heterocycles. The van der Waals surface area contributed by atoms with E-state index in [0.717, 1.165) is 56.0 Å². The Bertz CT molecular complexity index is 717. The predicted molar refractivity (Wildman–Crippen MR) is 94.3 cm³/mol. The maximum Gasteiger partial charge on any atom is 0.117 e. The van der Waals surface area contributed by atoms with Gasteiger partial charge in [-0.1, -0.05) is 37.3 Å². The van der Waals surface area contributed by atoms with Crippen molar-refractivity contribution in [1.29, 1.82) is 0 Å². The fourth-order valence-corrected chi connectivity index (χ4v) is 2.63. The highest BCUT2D eigenvalue weighted by atomic mass is 15.5. The topological polar surface area (TPSA) is 60.6 Å². The molecule has 0 radical (unpaired) electrons. The smallest absolute Gasteiger partial charge is 0.117 e. The molecule has 0 aliphatic heterocycles. The van der Waals surface area contributed by atoms with Crippen molar-refractivity contribution < 1.29 is 0 Å². The summed E-state index contributed by atoms with van der Waals surface area (Å²) in [4.78, 5) is 5.87. The monoisotopic (exact) mass is 324 g/mol. The number of aryl methyl sites for hydroxylation is 2. The van der Waals surface area contributed by atoms with Crippen LogP contribution < -0.4 is 5.32 Å². The van der Waals surface area contributed by atoms with E-state index < -0.39 is 0 Å². The van der Waals surface area contributed by atoms with Crippen LogP contribution in [-0.4, -0.2) is 31.1 Å². The van der Waals surface area contributed by atoms with Crippen LogP contribution in [0.3, 0.4) is 0 Å². The molecule has 6 heteroatoms. The molecule has 0 atom stereocenters. The van der Waals surface area contributed by atoms with Gasteiger partial charge in [0.2, 0.25) is 0 Å². The Labute approximate surface area is 142 Å². The van der Waals surface area contributed by atoms with E-state index >= 15 is 0 Å². The van der Waals surface area contributed by atoms with Crippen LogP contribution in [0.25, 0.3) is 11.3 Å². The molecule has 3 aromatic rings. The van der Waals surface area contributed by atoms with E-state index in [1.807, 2.05) is 41.7 Å². The van der Waals surface area contributed by atoms with Gasteiger partial charge in [0.05, 0.1) is 12.9 Å². The minimum Gasteiger partial charge on any atom is -0.337 e. The molecule has 1 aromatic carbocycles. The number of imidazole rings is 1. The largest absolute Gasteiger partial charge is 0.337 e. The van der Waals surface area contributed by atoms with Crippen molar-refractivity contribution in [2.75, 3.05) is 6.54 Å². The third-order valence-corrected chi connectivity index (χ3v) is 3.82. The molecular formula is C18H24N6. The SMILES string of the molecule is CCCn1nc(CNCCCn2ccnc2)c(-c2ccccc2)n1. The predicted octanol–water partition coefficient (Wildman–Crippen LogP) is 2.73. The van der Waals surface area contributed by atoms with E-state index in [-0.39, 0.29) is 0 Å². The van der Waals surface area contributed by atoms with Gasteiger partial charge in [0.1, 0.15) is 11.4 Å². The summed E-state index contributed by atoms with van der Waals surface area (Å²) in [5.74, 6) is 0. The molecule has 6 nitrogen and oxygen atoms in total. The zero-order valence-corrected chi connectivity index (χ0v) is 14.1. The third-order valence-electron chi connectivity index (χ3n) is 3.82. The summed E-state index contributed by atoms with van der Waals surface area (Å²) in [5.41, 5.74) is 3.11. The maximum atomic E-state index is 4.66. The Morgan fingerprint density at radius 1 is 1.08 bits per heavy atom. The van der Waals surface area contributed by atoms with Crippen LogP contribution in [0.2, 0.25) is 0 Å². The number of benzene rings is 1. The first-order valence-electron chi connectivity index (χ1n) is 8.52. The molecule has 0 saturated carbocycles. The number of aromatic nitrogens is 5. The van der Waals surface area contributed by atoms with Crippen LogP contribution in [-0.2, 0) is 19.6 Å². The summed E-state index contributed by atoms with van der Waals surface area (Å²) in [6.07, 6.45) is 7.74. The second-order valence-corrected chi connectivity index (χ2v) is 5.79. The number of hydrogen-bond acceptors (Lipinski definition) is 4. The molecule has 0 spiro atoms. The molecule has 0 aliphatic rings. The van der Waals surface area contributed by atoms with Gasteiger partial charge in [-0.2, -0.15) is 15.0 Å². The molecule has 0 aliphatic carbocycles. The molecule has 0 fully saturated rings. The first kappa shape index (κ1) is 16.4. The average Bonchev–Trinajstić information content (AvgIpc) is 3.26. The Hall–Kier alpha value is -2.47. The lowest BCUT2D eigenvalue weighted by Crippen LogP contribution is -2.17. The average molecular weight is 324 g/mol. The number of hydrogen-bond donors (Lipinski definition) is 1. The lowest BCUT2D eigenvalue weighted by molar-refractivity contribution is 0.518. The van der Waals surface area contributed by atoms with Crippen LogP contribution in [0, 0.1) is 0 Å². The number of nitrogens with one attached hydrogen (secondary N) is 1. The van der Waals surface area contributed by atoms with Crippen molar-refractivity contribution in [2.24, 2.45) is 0 Å². The quantitative estimate of drug-likeness (QED) is 0.615. The lowest BCUT2D eigenvalue weighted by Gasteiger charge is -2.05. The van der Waals surface area contributed by atoms with Crippen LogP contribution in [0.5, 0.6) is 0 Å². The summed E-state index contributed by atoms with van der Waals surface area (Å²) >= 11 is 0. The molecule has 0 bridgehead atoms. The number of nitrogens with zero attached hydrogens (tertiary/aromatic N) is 5. The molecule has 1 N–H and O–H groups in total. The Kier molecular flexibility index (Phi) is 5.74. The summed E-state index contributed by atoms with van der Waals surface area (Å²) in [5, 5.41) is 12.8. The van der Waals surface area contributed by atoms with Crippen molar-refractivity contribution in [1.82, 2.24) is 29.9 Å². The number of rotatable bonds is 9. The lowest BCUT2D eigenvalue weighted by atomic mass is 10.1. The first-order chi connectivity index (χ1) is 11.9. The van der Waals surface area contributed by atoms with Gasteiger partial charge in [-0.3, -0.25) is 0 Å². The molecule has 3 rings (SSSR count). The molecule has 24 heavy (non-hydrogen) atoms. The van der Waals surface area contributed by atoms with Gasteiger partial charge in [0, 0.05) is 31.0 Å². The van der Waals surface area contributed by atoms with Gasteiger partial charge < -0.3 is 9.88 Å². The second kappa shape index (κ2) is 8.40. The van der Waals surface area contributed by atoms with Gasteiger partial charge >= 0.3 is 0 Å². The van der Waals surface area contributed by atoms with Crippen molar-refractivity contribution in [3.8, 4) is 11.3 Å². The Balaban J connectivity index is 1.59. The highest BCUT2D eigenvalue weighted by Crippen LogP contribution is 2.19. The second-order valence-electron chi connectivity index (χ2n) is 5.79. The minimum atomic E-state index is 0.734. The summed E-state index contributed by atoms with van der Waals surface area (Å²) in [6.45, 7) is 5.63. The van der Waals surface area contributed by atoms with Gasteiger partial charge in [-0.05, 0) is 19.4 Å². The van der Waals surface area contributed by atoms with Gasteiger partial charge in [-0.15, -0.1) is 0 Å². The molecular weight excluding hydrogens is 300 g/mol. The fourth-order valence-electron chi connectivity index (χ4n) is 2.63. The first-order valence-corrected chi connectivity index (χ1v) is 8.52. The van der Waals surface area contributed by atoms with Gasteiger partial charge in [0.15, 0.2) is 0 Å². The van der Waals surface area contributed by atoms with Crippen molar-refractivity contribution in [3.63, 3.8) is 0 Å². The van der Waals surface area contributed by atoms with Gasteiger partial charge in [-0.25, -0.2) is 4.98 Å². The molecule has 0 amide bonds. The standard InChI is InChI=1S/C18H24N6/c1-2-11-24-21-17(18(22-24)16-7-4-3-5-8-16)14-19-9-6-12-23-13-10-20-15-23/h3-5,7-8,10,13,15,19H,2,6,9,11-12,14H2,1H3. The third kappa shape index (κ3) is 4.29. The fraction of sp³-hybridized carbons (Fsp3) is 0.389. The summed E-state index contributed by atoms with van der Waals surface area (Å²) in [6, 6.07) is 10.3. The Morgan fingerprint density at radius 2 is 1.96 bits per heavy atom. The van der Waals surface area contributed by atoms with Crippen LogP contribution in [0.15, 0.2) is 49.1 Å². The summed E-state index contributed by atoms with van der Waals surface area (Å²) in [7, 11) is 0. The van der Waals surface area contributed by atoms with Crippen molar-refractivity contribution in [2.45, 2.75) is 39.4 Å². The van der Waals surface area contributed by atoms with E-state index in [1.165, 1.54) is 0 Å². The van der Waals surface area contributed by atoms with Crippen LogP contribution in [0.1, 0.15) is 25.5 Å². The molecule has 2 aromatic heterocycles. The highest BCUT2D eigenvalue weighted by Gasteiger charge is 2.12. The minimum absolute atomic E-state index is 0.734. The molecule has 2 heterocycles. The van der Waals surface area contributed by atoms with Gasteiger partial charge in [0.25, 0.3) is 0 Å². The van der Waals surface area contributed by atoms with Crippen LogP contribution >= 0.6 is 0 Å². The maximum absolute atomic E-state index is 4.66. The van der Waals surface area contributed by atoms with E-state index in [1.54, 1.807) is 0 Å².